The van der Waals surface area contributed by atoms with Gasteiger partial charge in [-0.15, -0.1) is 0 Å². The molecule has 0 radical (unpaired) electrons. The molecule has 0 atom stereocenters. The standard InChI is InChI=1S/C29H33N7O3.C20H20N8.C20H19N7O.C16H12N6O/c1-18-6-11-21-22(16-18)34-26(33-21)24-25(30)31-17-23(32-24)19-7-9-20(10-8-19)27(37)35-12-5-13-36(15-14-35)28(38)39-29(2,3)4;21-19-18(20-26-14-3-1-2-4-15(14)27-20)25-16(12-24-19)13-5-6-23-17(11-13)28-9-7-22-8-10-28;21-19-18(20-25-14-3-1-2-4-15(14)26-20)24-16(12-23-19)13-5-6-17(22-11-13)27-7-9-28-10-8-27;17-15-14(16-21-10-3-1-2-4-11(10)22-16)20-12(8-19-15)9-5-6-13(23)18-7-9/h6-11,16-17H,5,12-15H2,1-4H3,(H2,30,31)(H,33,34);1-6,11-12,22H,7-10H2,(H2,21,24)(H,26,27);1-6,11-12H,7-10H2,(H2,21,23)(H,25,26);1-8H,(H2,17,19)(H,18,23)(H,21,22). The molecule has 0 bridgehead atoms. The summed E-state index contributed by atoms with van der Waals surface area (Å²) in [4.78, 5) is 124. The van der Waals surface area contributed by atoms with Crippen LogP contribution in [0.25, 0.3) is 135 Å². The number of amides is 2. The Labute approximate surface area is 675 Å². The quantitative estimate of drug-likeness (QED) is 0.0575. The highest BCUT2D eigenvalue weighted by Gasteiger charge is 2.28. The Kier molecular flexibility index (Phi) is 22.2. The maximum Gasteiger partial charge on any atom is 0.410 e. The van der Waals surface area contributed by atoms with Gasteiger partial charge in [-0.05, 0) is 131 Å². The number of nitrogens with one attached hydrogen (secondary N) is 6. The number of benzene rings is 5. The lowest BCUT2D eigenvalue weighted by atomic mass is 10.1. The second-order valence-electron chi connectivity index (χ2n) is 29.1. The van der Waals surface area contributed by atoms with Gasteiger partial charge in [0.2, 0.25) is 5.56 Å². The number of piperazine rings is 1. The Morgan fingerprint density at radius 3 is 1.41 bits per heavy atom. The topological polar surface area (TPSA) is 458 Å². The van der Waals surface area contributed by atoms with E-state index in [-0.39, 0.29) is 29.2 Å². The summed E-state index contributed by atoms with van der Waals surface area (Å²) in [5.41, 5.74) is 40.4. The van der Waals surface area contributed by atoms with Gasteiger partial charge in [-0.25, -0.2) is 74.6 Å². The van der Waals surface area contributed by atoms with Crippen molar-refractivity contribution in [3.8, 4) is 91.1 Å². The Morgan fingerprint density at radius 2 is 0.898 bits per heavy atom. The first-order valence-corrected chi connectivity index (χ1v) is 38.4. The second kappa shape index (κ2) is 34.0. The number of hydrogen-bond acceptors (Lipinski definition) is 26. The van der Waals surface area contributed by atoms with Crippen LogP contribution in [0, 0.1) is 6.92 Å². The summed E-state index contributed by atoms with van der Waals surface area (Å²) in [5, 5.41) is 3.36. The number of morpholine rings is 1. The van der Waals surface area contributed by atoms with Crippen molar-refractivity contribution in [3.05, 3.63) is 217 Å². The van der Waals surface area contributed by atoms with Crippen molar-refractivity contribution in [1.82, 2.24) is 110 Å². The van der Waals surface area contributed by atoms with Gasteiger partial charge in [-0.1, -0.05) is 54.6 Å². The molecule has 14 N–H and O–H groups in total. The minimum absolute atomic E-state index is 0.0748. The SMILES string of the molecule is Cc1ccc2nc(-c3nc(-c4ccc(C(=O)N5CCCN(C(=O)OC(C)(C)C)CC5)cc4)cnc3N)[nH]c2c1.Nc1ncc(-c2ccc(=O)[nH]c2)nc1-c1nc2ccccc2[nH]1.Nc1ncc(-c2ccc(N3CCOCC3)nc2)nc1-c1nc2ccccc2[nH]1.Nc1ncc(-c2ccnc(N3CCNCC3)c2)nc1-c1nc2ccccc2[nH]1. The molecule has 14 heterocycles. The maximum absolute atomic E-state index is 13.2. The summed E-state index contributed by atoms with van der Waals surface area (Å²) in [6, 6.07) is 47.7. The molecule has 594 valence electrons. The number of aromatic amines is 5. The van der Waals surface area contributed by atoms with Crippen molar-refractivity contribution in [2.45, 2.75) is 39.7 Å². The Hall–Kier alpha value is -15.0. The molecule has 5 aromatic carbocycles. The van der Waals surface area contributed by atoms with Crippen LogP contribution in [0.15, 0.2) is 200 Å². The number of ether oxygens (including phenoxy) is 2. The number of nitrogens with zero attached hydrogens (tertiary/aromatic N) is 18. The molecular weight excluding hydrogens is 1490 g/mol. The number of rotatable bonds is 11. The molecule has 3 saturated heterocycles. The summed E-state index contributed by atoms with van der Waals surface area (Å²) in [6.07, 6.45) is 12.1. The Bertz CT molecular complexity index is 6240. The number of anilines is 6. The molecule has 3 fully saturated rings. The zero-order valence-corrected chi connectivity index (χ0v) is 65.1. The summed E-state index contributed by atoms with van der Waals surface area (Å²) in [6.45, 7) is 16.5. The normalized spacial score (nSPS) is 13.8. The molecule has 0 aliphatic carbocycles. The summed E-state index contributed by atoms with van der Waals surface area (Å²) in [5.74, 6) is 5.39. The summed E-state index contributed by atoms with van der Waals surface area (Å²) in [7, 11) is 0. The van der Waals surface area contributed by atoms with Crippen molar-refractivity contribution in [2.24, 2.45) is 0 Å². The van der Waals surface area contributed by atoms with Crippen LogP contribution in [0.5, 0.6) is 0 Å². The van der Waals surface area contributed by atoms with E-state index >= 15 is 0 Å². The number of carbonyl (C=O) groups excluding carboxylic acids is 2. The smallest absolute Gasteiger partial charge is 0.410 e. The lowest BCUT2D eigenvalue weighted by Crippen LogP contribution is -2.43. The number of carbonyl (C=O) groups is 2. The number of pyridine rings is 3. The van der Waals surface area contributed by atoms with Crippen LogP contribution in [0.1, 0.15) is 43.1 Å². The van der Waals surface area contributed by atoms with E-state index in [1.807, 2.05) is 167 Å². The van der Waals surface area contributed by atoms with Gasteiger partial charge in [0.15, 0.2) is 46.6 Å². The van der Waals surface area contributed by atoms with Crippen LogP contribution >= 0.6 is 0 Å². The highest BCUT2D eigenvalue weighted by Crippen LogP contribution is 2.33. The average Bonchev–Trinajstić information content (AvgIpc) is 1.73. The zero-order valence-electron chi connectivity index (χ0n) is 65.1. The first-order valence-electron chi connectivity index (χ1n) is 38.4. The van der Waals surface area contributed by atoms with Gasteiger partial charge in [0.1, 0.15) is 40.0 Å². The predicted molar refractivity (Wildman–Crippen MR) is 455 cm³/mol. The van der Waals surface area contributed by atoms with E-state index in [1.165, 1.54) is 6.07 Å². The third-order valence-corrected chi connectivity index (χ3v) is 19.7. The predicted octanol–water partition coefficient (Wildman–Crippen LogP) is 11.2. The number of aryl methyl sites for hydroxylation is 1. The largest absolute Gasteiger partial charge is 0.444 e. The van der Waals surface area contributed by atoms with Crippen LogP contribution in [-0.4, -0.2) is 201 Å². The number of nitrogens with two attached hydrogens (primary N) is 4. The van der Waals surface area contributed by atoms with Crippen LogP contribution in [0.3, 0.4) is 0 Å². The Morgan fingerprint density at radius 1 is 0.432 bits per heavy atom. The van der Waals surface area contributed by atoms with Crippen molar-refractivity contribution in [2.75, 3.05) is 111 Å². The highest BCUT2D eigenvalue weighted by atomic mass is 16.6. The fraction of sp³-hybridized carbons (Fsp3) is 0.212. The number of imidazole rings is 4. The minimum Gasteiger partial charge on any atom is -0.444 e. The molecule has 0 saturated carbocycles. The van der Waals surface area contributed by atoms with Gasteiger partial charge in [-0.3, -0.25) is 9.59 Å². The van der Waals surface area contributed by atoms with E-state index in [0.717, 1.165) is 142 Å². The van der Waals surface area contributed by atoms with E-state index in [4.69, 9.17) is 47.4 Å². The van der Waals surface area contributed by atoms with E-state index < -0.39 is 5.60 Å². The molecule has 118 heavy (non-hydrogen) atoms. The maximum atomic E-state index is 13.2. The molecule has 2 amide bonds. The second-order valence-corrected chi connectivity index (χ2v) is 29.1. The molecule has 11 aromatic heterocycles. The van der Waals surface area contributed by atoms with E-state index in [0.29, 0.717) is 113 Å². The van der Waals surface area contributed by atoms with Gasteiger partial charge in [-0.2, -0.15) is 0 Å². The van der Waals surface area contributed by atoms with Crippen molar-refractivity contribution in [3.63, 3.8) is 0 Å². The average molecular weight is 1580 g/mol. The number of H-pyrrole nitrogens is 5. The van der Waals surface area contributed by atoms with Gasteiger partial charge in [0, 0.05) is 118 Å². The van der Waals surface area contributed by atoms with Gasteiger partial charge >= 0.3 is 6.09 Å². The molecule has 0 unspecified atom stereocenters. The van der Waals surface area contributed by atoms with Gasteiger partial charge in [0.25, 0.3) is 5.91 Å². The van der Waals surface area contributed by atoms with Crippen molar-refractivity contribution < 1.29 is 19.1 Å². The first-order chi connectivity index (χ1) is 57.3. The van der Waals surface area contributed by atoms with E-state index in [9.17, 15) is 14.4 Å². The lowest BCUT2D eigenvalue weighted by Gasteiger charge is -2.28. The summed E-state index contributed by atoms with van der Waals surface area (Å²) >= 11 is 0. The first kappa shape index (κ1) is 77.0. The van der Waals surface area contributed by atoms with Crippen molar-refractivity contribution >= 4 is 91.0 Å². The molecule has 16 aromatic rings. The monoisotopic (exact) mass is 1580 g/mol. The number of nitrogen functional groups attached to an aromatic ring is 4. The van der Waals surface area contributed by atoms with Crippen LogP contribution < -0.4 is 43.6 Å². The fourth-order valence-corrected chi connectivity index (χ4v) is 13.6. The van der Waals surface area contributed by atoms with Crippen molar-refractivity contribution in [1.29, 1.82) is 0 Å². The lowest BCUT2D eigenvalue weighted by molar-refractivity contribution is 0.0255. The molecule has 33 heteroatoms. The Balaban J connectivity index is 0.000000120. The van der Waals surface area contributed by atoms with Gasteiger partial charge in [0.05, 0.1) is 105 Å². The van der Waals surface area contributed by atoms with Crippen LogP contribution in [0.4, 0.5) is 39.7 Å². The third-order valence-electron chi connectivity index (χ3n) is 19.7. The number of hydrogen-bond donors (Lipinski definition) is 10. The zero-order chi connectivity index (χ0) is 81.4. The minimum atomic E-state index is -0.554. The fourth-order valence-electron chi connectivity index (χ4n) is 13.6. The van der Waals surface area contributed by atoms with Gasteiger partial charge < -0.3 is 82.2 Å². The number of para-hydroxylation sites is 6. The molecule has 33 nitrogen and oxygen atoms in total. The van der Waals surface area contributed by atoms with Crippen LogP contribution in [0.2, 0.25) is 0 Å². The highest BCUT2D eigenvalue weighted by molar-refractivity contribution is 5.95. The van der Waals surface area contributed by atoms with Crippen LogP contribution in [-0.2, 0) is 9.47 Å². The number of fused-ring (bicyclic) bond motifs is 4. The summed E-state index contributed by atoms with van der Waals surface area (Å²) < 4.78 is 10.9. The molecule has 3 aliphatic heterocycles. The number of aromatic nitrogens is 19. The molecular formula is C85H84N28O5. The van der Waals surface area contributed by atoms with E-state index in [1.54, 1.807) is 59.0 Å². The molecule has 19 rings (SSSR count). The van der Waals surface area contributed by atoms with E-state index in [2.05, 4.69) is 94.9 Å². The molecule has 0 spiro atoms. The third kappa shape index (κ3) is 17.7. The molecule has 3 aliphatic rings.